The third-order valence-corrected chi connectivity index (χ3v) is 3.35. The Hall–Kier alpha value is -2.75. The number of aromatic nitrogens is 3. The number of carboxylic acids is 1. The molecule has 2 N–H and O–H groups in total. The van der Waals surface area contributed by atoms with Crippen LogP contribution in [0.4, 0.5) is 15.6 Å². The Labute approximate surface area is 122 Å². The number of urea groups is 1. The predicted molar refractivity (Wildman–Crippen MR) is 73.0 cm³/mol. The minimum absolute atomic E-state index is 0.0163. The molecular weight excluding hydrogens is 298 g/mol. The zero-order chi connectivity index (χ0) is 14.8. The van der Waals surface area contributed by atoms with E-state index < -0.39 is 12.0 Å². The Morgan fingerprint density at radius 2 is 2.29 bits per heavy atom. The van der Waals surface area contributed by atoms with E-state index in [0.29, 0.717) is 12.2 Å². The number of amides is 2. The molecule has 0 saturated heterocycles. The highest BCUT2D eigenvalue weighted by atomic mass is 32.1. The average Bonchev–Trinajstić information content (AvgIpc) is 2.98. The summed E-state index contributed by atoms with van der Waals surface area (Å²) in [5.41, 5.74) is 0.415. The van der Waals surface area contributed by atoms with Crippen LogP contribution in [0.15, 0.2) is 18.2 Å². The van der Waals surface area contributed by atoms with Gasteiger partial charge in [0.2, 0.25) is 5.13 Å². The molecule has 0 radical (unpaired) electrons. The summed E-state index contributed by atoms with van der Waals surface area (Å²) in [6.45, 7) is 0.507. The summed E-state index contributed by atoms with van der Waals surface area (Å²) in [7, 11) is 0. The molecular formula is C11H9N5O4S. The van der Waals surface area contributed by atoms with Gasteiger partial charge in [-0.15, -0.1) is 0 Å². The van der Waals surface area contributed by atoms with Gasteiger partial charge in [-0.2, -0.15) is 0 Å². The molecule has 108 valence electrons. The fourth-order valence-corrected chi connectivity index (χ4v) is 2.33. The van der Waals surface area contributed by atoms with Crippen LogP contribution in [-0.2, 0) is 0 Å². The minimum atomic E-state index is -1.11. The van der Waals surface area contributed by atoms with Crippen LogP contribution in [-0.4, -0.2) is 45.1 Å². The lowest BCUT2D eigenvalue weighted by Crippen LogP contribution is -2.41. The number of aromatic carboxylic acids is 1. The number of fused-ring (bicyclic) bond motifs is 1. The second-order valence-electron chi connectivity index (χ2n) is 4.06. The molecule has 0 saturated carbocycles. The lowest BCUT2D eigenvalue weighted by Gasteiger charge is -2.29. The number of nitrogens with one attached hydrogen (secondary N) is 1. The monoisotopic (exact) mass is 307 g/mol. The van der Waals surface area contributed by atoms with Crippen LogP contribution in [0.5, 0.6) is 5.75 Å². The number of nitrogens with zero attached hydrogens (tertiary/aromatic N) is 4. The van der Waals surface area contributed by atoms with Gasteiger partial charge in [0.1, 0.15) is 12.2 Å². The zero-order valence-electron chi connectivity index (χ0n) is 10.5. The number of rotatable bonds is 2. The zero-order valence-corrected chi connectivity index (χ0v) is 11.3. The van der Waals surface area contributed by atoms with Crippen LogP contribution >= 0.6 is 11.5 Å². The number of anilines is 2. The van der Waals surface area contributed by atoms with Gasteiger partial charge in [-0.25, -0.2) is 9.59 Å². The van der Waals surface area contributed by atoms with Gasteiger partial charge in [-0.1, -0.05) is 15.7 Å². The minimum Gasteiger partial charge on any atom is -0.489 e. The molecule has 21 heavy (non-hydrogen) atoms. The van der Waals surface area contributed by atoms with Crippen molar-refractivity contribution < 1.29 is 19.4 Å². The molecule has 2 aromatic rings. The predicted octanol–water partition coefficient (Wildman–Crippen LogP) is 1.06. The first-order valence-corrected chi connectivity index (χ1v) is 6.67. The Balaban J connectivity index is 1.92. The van der Waals surface area contributed by atoms with Gasteiger partial charge >= 0.3 is 12.0 Å². The molecule has 2 heterocycles. The van der Waals surface area contributed by atoms with Crippen molar-refractivity contribution in [3.63, 3.8) is 0 Å². The van der Waals surface area contributed by atoms with Crippen LogP contribution in [0.25, 0.3) is 0 Å². The molecule has 0 atom stereocenters. The maximum atomic E-state index is 12.2. The van der Waals surface area contributed by atoms with Crippen molar-refractivity contribution in [3.8, 4) is 5.75 Å². The summed E-state index contributed by atoms with van der Waals surface area (Å²) in [4.78, 5) is 24.8. The molecule has 1 aromatic heterocycles. The number of carbonyl (C=O) groups is 2. The van der Waals surface area contributed by atoms with Gasteiger partial charge < -0.3 is 9.84 Å². The SMILES string of the molecule is O=C(O)c1cccc2c1OCCN2C(=O)Nc1nnns1. The van der Waals surface area contributed by atoms with Crippen molar-refractivity contribution in [3.05, 3.63) is 23.8 Å². The van der Waals surface area contributed by atoms with Crippen LogP contribution in [0.1, 0.15) is 10.4 Å². The van der Waals surface area contributed by atoms with Gasteiger partial charge in [0, 0.05) is 11.5 Å². The smallest absolute Gasteiger partial charge is 0.339 e. The van der Waals surface area contributed by atoms with E-state index in [-0.39, 0.29) is 23.1 Å². The van der Waals surface area contributed by atoms with Crippen molar-refractivity contribution in [2.24, 2.45) is 0 Å². The highest BCUT2D eigenvalue weighted by Crippen LogP contribution is 2.35. The van der Waals surface area contributed by atoms with Crippen LogP contribution in [0.3, 0.4) is 0 Å². The Morgan fingerprint density at radius 1 is 1.43 bits per heavy atom. The van der Waals surface area contributed by atoms with E-state index in [1.54, 1.807) is 12.1 Å². The molecule has 1 aromatic carbocycles. The lowest BCUT2D eigenvalue weighted by molar-refractivity contribution is 0.0692. The van der Waals surface area contributed by atoms with E-state index in [9.17, 15) is 9.59 Å². The van der Waals surface area contributed by atoms with E-state index in [4.69, 9.17) is 9.84 Å². The van der Waals surface area contributed by atoms with Gasteiger partial charge in [0.05, 0.1) is 12.2 Å². The number of carboxylic acid groups (broad SMARTS) is 1. The van der Waals surface area contributed by atoms with E-state index in [1.165, 1.54) is 11.0 Å². The summed E-state index contributed by atoms with van der Waals surface area (Å²) in [6, 6.07) is 4.17. The number of hydrogen-bond donors (Lipinski definition) is 2. The topological polar surface area (TPSA) is 118 Å². The van der Waals surface area contributed by atoms with Gasteiger partial charge in [-0.05, 0) is 17.3 Å². The molecule has 0 aliphatic carbocycles. The quantitative estimate of drug-likeness (QED) is 0.851. The highest BCUT2D eigenvalue weighted by Gasteiger charge is 2.28. The molecule has 0 fully saturated rings. The normalized spacial score (nSPS) is 13.2. The number of hydrogen-bond acceptors (Lipinski definition) is 7. The molecule has 9 nitrogen and oxygen atoms in total. The number of benzene rings is 1. The van der Waals surface area contributed by atoms with Gasteiger partial charge in [-0.3, -0.25) is 10.2 Å². The molecule has 10 heteroatoms. The maximum absolute atomic E-state index is 12.2. The van der Waals surface area contributed by atoms with Gasteiger partial charge in [0.15, 0.2) is 5.75 Å². The number of carbonyl (C=O) groups excluding carboxylic acids is 1. The molecule has 3 rings (SSSR count). The molecule has 1 aliphatic rings. The molecule has 0 bridgehead atoms. The van der Waals surface area contributed by atoms with Gasteiger partial charge in [0.25, 0.3) is 0 Å². The second-order valence-corrected chi connectivity index (χ2v) is 4.79. The first-order chi connectivity index (χ1) is 10.2. The number of ether oxygens (including phenoxy) is 1. The second kappa shape index (κ2) is 5.32. The van der Waals surface area contributed by atoms with Crippen molar-refractivity contribution in [2.45, 2.75) is 0 Å². The molecule has 2 amide bonds. The van der Waals surface area contributed by atoms with E-state index in [0.717, 1.165) is 11.5 Å². The molecule has 0 spiro atoms. The lowest BCUT2D eigenvalue weighted by atomic mass is 10.1. The summed E-state index contributed by atoms with van der Waals surface area (Å²) in [5.74, 6) is -0.927. The Bertz CT molecular complexity index is 690. The summed E-state index contributed by atoms with van der Waals surface area (Å²) >= 11 is 0.948. The highest BCUT2D eigenvalue weighted by molar-refractivity contribution is 7.09. The first kappa shape index (κ1) is 13.2. The molecule has 1 aliphatic heterocycles. The maximum Gasteiger partial charge on any atom is 0.339 e. The average molecular weight is 307 g/mol. The van der Waals surface area contributed by atoms with E-state index in [1.807, 2.05) is 0 Å². The Morgan fingerprint density at radius 3 is 3.00 bits per heavy atom. The van der Waals surface area contributed by atoms with Crippen molar-refractivity contribution in [1.29, 1.82) is 0 Å². The van der Waals surface area contributed by atoms with Crippen LogP contribution in [0.2, 0.25) is 0 Å². The summed E-state index contributed by atoms with van der Waals surface area (Å²) < 4.78 is 8.94. The summed E-state index contributed by atoms with van der Waals surface area (Å²) in [6.07, 6.45) is 0. The fraction of sp³-hybridized carbons (Fsp3) is 0.182. The Kier molecular flexibility index (Phi) is 3.36. The van der Waals surface area contributed by atoms with Crippen molar-refractivity contribution >= 4 is 34.4 Å². The molecule has 0 unspecified atom stereocenters. The fourth-order valence-electron chi connectivity index (χ4n) is 1.97. The third kappa shape index (κ3) is 2.48. The number of para-hydroxylation sites is 1. The van der Waals surface area contributed by atoms with Crippen LogP contribution < -0.4 is 15.0 Å². The standard InChI is InChI=1S/C11H9N5O4S/c17-9(18)6-2-1-3-7-8(6)20-5-4-16(7)11(19)12-10-13-14-15-21-10/h1-3H,4-5H2,(H,17,18)(H,12,13,15,19). The largest absolute Gasteiger partial charge is 0.489 e. The van der Waals surface area contributed by atoms with Crippen LogP contribution in [0, 0.1) is 0 Å². The first-order valence-electron chi connectivity index (χ1n) is 5.89. The third-order valence-electron chi connectivity index (χ3n) is 2.84. The van der Waals surface area contributed by atoms with E-state index in [2.05, 4.69) is 20.1 Å². The van der Waals surface area contributed by atoms with Crippen molar-refractivity contribution in [1.82, 2.24) is 14.8 Å². The summed E-state index contributed by atoms with van der Waals surface area (Å²) in [5, 5.41) is 19.0. The van der Waals surface area contributed by atoms with E-state index >= 15 is 0 Å². The van der Waals surface area contributed by atoms with Crippen molar-refractivity contribution in [2.75, 3.05) is 23.4 Å².